The van der Waals surface area contributed by atoms with Gasteiger partial charge in [0.05, 0.1) is 0 Å². The number of rotatable bonds is 1. The maximum Gasteiger partial charge on any atom is 0.371 e. The number of hydrogen-bond acceptors (Lipinski definition) is 3. The van der Waals surface area contributed by atoms with Crippen LogP contribution < -0.4 is 0 Å². The van der Waals surface area contributed by atoms with E-state index in [1.807, 2.05) is 0 Å². The fraction of sp³-hybridized carbons (Fsp3) is 0.600. The van der Waals surface area contributed by atoms with Gasteiger partial charge in [-0.3, -0.25) is 4.79 Å². The molecule has 0 aromatic rings. The normalized spacial score (nSPS) is 24.6. The summed E-state index contributed by atoms with van der Waals surface area (Å²) in [5.74, 6) is -2.46. The Morgan fingerprint density at radius 1 is 1.36 bits per heavy atom. The lowest BCUT2D eigenvalue weighted by atomic mass is 9.73. The lowest BCUT2D eigenvalue weighted by Crippen LogP contribution is -2.31. The number of carboxylic acid groups (broad SMARTS) is 1. The number of Topliss-reactive ketones (excluding diaryl/α,β-unsaturated/α-hetero) is 1. The fourth-order valence-electron chi connectivity index (χ4n) is 1.70. The molecule has 2 N–H and O–H groups in total. The Morgan fingerprint density at radius 2 is 1.93 bits per heavy atom. The smallest absolute Gasteiger partial charge is 0.371 e. The summed E-state index contributed by atoms with van der Waals surface area (Å²) < 4.78 is 0. The van der Waals surface area contributed by atoms with Crippen LogP contribution in [0.2, 0.25) is 0 Å². The van der Waals surface area contributed by atoms with E-state index in [9.17, 15) is 14.7 Å². The summed E-state index contributed by atoms with van der Waals surface area (Å²) in [6, 6.07) is 0. The molecule has 1 aliphatic carbocycles. The van der Waals surface area contributed by atoms with E-state index in [1.54, 1.807) is 13.8 Å². The lowest BCUT2D eigenvalue weighted by molar-refractivity contribution is -0.136. The van der Waals surface area contributed by atoms with Crippen LogP contribution >= 0.6 is 0 Å². The Hall–Kier alpha value is -1.32. The van der Waals surface area contributed by atoms with E-state index in [0.29, 0.717) is 6.42 Å². The number of carboxylic acids is 1. The van der Waals surface area contributed by atoms with Gasteiger partial charge in [-0.15, -0.1) is 0 Å². The topological polar surface area (TPSA) is 74.6 Å². The number of ketones is 1. The monoisotopic (exact) mass is 198 g/mol. The van der Waals surface area contributed by atoms with Crippen LogP contribution in [0, 0.1) is 5.41 Å². The zero-order valence-corrected chi connectivity index (χ0v) is 8.33. The van der Waals surface area contributed by atoms with Crippen molar-refractivity contribution in [2.24, 2.45) is 5.41 Å². The minimum atomic E-state index is -1.42. The molecule has 78 valence electrons. The Morgan fingerprint density at radius 3 is 2.43 bits per heavy atom. The number of hydrogen-bond donors (Lipinski definition) is 2. The number of aliphatic hydroxyl groups is 1. The lowest BCUT2D eigenvalue weighted by Gasteiger charge is -2.29. The molecule has 1 saturated carbocycles. The van der Waals surface area contributed by atoms with E-state index in [2.05, 4.69) is 0 Å². The van der Waals surface area contributed by atoms with Gasteiger partial charge in [0, 0.05) is 11.0 Å². The molecule has 0 aromatic carbocycles. The second-order valence-corrected chi connectivity index (χ2v) is 4.20. The molecule has 0 atom stereocenters. The van der Waals surface area contributed by atoms with Crippen LogP contribution in [0.1, 0.15) is 33.1 Å². The van der Waals surface area contributed by atoms with Crippen molar-refractivity contribution in [2.75, 3.05) is 0 Å². The standard InChI is InChI=1S/C10H14O4/c1-10(2)5-3-4-6(8(10)12)7(11)9(13)14/h11H,3-5H2,1-2H3,(H,13,14). The fourth-order valence-corrected chi connectivity index (χ4v) is 1.70. The molecular formula is C10H14O4. The highest BCUT2D eigenvalue weighted by molar-refractivity contribution is 6.05. The van der Waals surface area contributed by atoms with Crippen molar-refractivity contribution in [3.8, 4) is 0 Å². The Bertz CT molecular complexity index is 312. The third-order valence-electron chi connectivity index (χ3n) is 2.61. The molecular weight excluding hydrogens is 184 g/mol. The summed E-state index contributed by atoms with van der Waals surface area (Å²) in [6.45, 7) is 3.53. The summed E-state index contributed by atoms with van der Waals surface area (Å²) >= 11 is 0. The second kappa shape index (κ2) is 3.44. The third-order valence-corrected chi connectivity index (χ3v) is 2.61. The molecule has 0 saturated heterocycles. The predicted octanol–water partition coefficient (Wildman–Crippen LogP) is 1.66. The largest absolute Gasteiger partial charge is 0.502 e. The van der Waals surface area contributed by atoms with E-state index in [-0.39, 0.29) is 11.4 Å². The first-order chi connectivity index (χ1) is 6.36. The average Bonchev–Trinajstić information content (AvgIpc) is 2.08. The van der Waals surface area contributed by atoms with Crippen LogP contribution in [0.5, 0.6) is 0 Å². The average molecular weight is 198 g/mol. The van der Waals surface area contributed by atoms with E-state index in [4.69, 9.17) is 5.11 Å². The molecule has 4 nitrogen and oxygen atoms in total. The molecule has 0 aromatic heterocycles. The van der Waals surface area contributed by atoms with Gasteiger partial charge in [-0.2, -0.15) is 0 Å². The molecule has 0 amide bonds. The SMILES string of the molecule is CC1(C)CCCC(=C(O)C(=O)O)C1=O. The first-order valence-electron chi connectivity index (χ1n) is 4.56. The quantitative estimate of drug-likeness (QED) is 0.496. The van der Waals surface area contributed by atoms with Crippen molar-refractivity contribution in [3.05, 3.63) is 11.3 Å². The molecule has 0 unspecified atom stereocenters. The van der Waals surface area contributed by atoms with Gasteiger partial charge in [0.1, 0.15) is 0 Å². The molecule has 0 heterocycles. The first-order valence-corrected chi connectivity index (χ1v) is 4.56. The van der Waals surface area contributed by atoms with E-state index in [1.165, 1.54) is 0 Å². The number of carbonyl (C=O) groups excluding carboxylic acids is 1. The van der Waals surface area contributed by atoms with Crippen molar-refractivity contribution in [2.45, 2.75) is 33.1 Å². The van der Waals surface area contributed by atoms with Crippen molar-refractivity contribution in [1.29, 1.82) is 0 Å². The molecule has 4 heteroatoms. The molecule has 0 bridgehead atoms. The maximum absolute atomic E-state index is 11.7. The number of allylic oxidation sites excluding steroid dienone is 1. The Labute approximate surface area is 82.2 Å². The minimum Gasteiger partial charge on any atom is -0.502 e. The predicted molar refractivity (Wildman–Crippen MR) is 49.9 cm³/mol. The third kappa shape index (κ3) is 1.78. The molecule has 0 spiro atoms. The highest BCUT2D eigenvalue weighted by Gasteiger charge is 2.36. The summed E-state index contributed by atoms with van der Waals surface area (Å²) in [5.41, 5.74) is -0.481. The number of carbonyl (C=O) groups is 2. The van der Waals surface area contributed by atoms with E-state index < -0.39 is 17.1 Å². The van der Waals surface area contributed by atoms with Crippen molar-refractivity contribution < 1.29 is 19.8 Å². The molecule has 1 aliphatic rings. The summed E-state index contributed by atoms with van der Waals surface area (Å²) in [7, 11) is 0. The minimum absolute atomic E-state index is 0.0637. The second-order valence-electron chi connectivity index (χ2n) is 4.20. The molecule has 1 rings (SSSR count). The van der Waals surface area contributed by atoms with Gasteiger partial charge >= 0.3 is 5.97 Å². The van der Waals surface area contributed by atoms with Crippen LogP contribution in [0.3, 0.4) is 0 Å². The molecule has 14 heavy (non-hydrogen) atoms. The molecule has 1 fully saturated rings. The van der Waals surface area contributed by atoms with Gasteiger partial charge in [-0.25, -0.2) is 4.79 Å². The summed E-state index contributed by atoms with van der Waals surface area (Å²) in [5, 5.41) is 17.8. The maximum atomic E-state index is 11.7. The van der Waals surface area contributed by atoms with Crippen LogP contribution in [0.15, 0.2) is 11.3 Å². The zero-order valence-electron chi connectivity index (χ0n) is 8.33. The van der Waals surface area contributed by atoms with Crippen molar-refractivity contribution >= 4 is 11.8 Å². The van der Waals surface area contributed by atoms with Gasteiger partial charge in [-0.1, -0.05) is 13.8 Å². The molecule has 0 radical (unpaired) electrons. The van der Waals surface area contributed by atoms with Crippen LogP contribution in [-0.2, 0) is 9.59 Å². The Kier molecular flexibility index (Phi) is 2.64. The highest BCUT2D eigenvalue weighted by atomic mass is 16.4. The first kappa shape index (κ1) is 10.8. The van der Waals surface area contributed by atoms with Gasteiger partial charge in [-0.05, 0) is 19.3 Å². The highest BCUT2D eigenvalue weighted by Crippen LogP contribution is 2.35. The van der Waals surface area contributed by atoms with Crippen LogP contribution in [0.4, 0.5) is 0 Å². The summed E-state index contributed by atoms with van der Waals surface area (Å²) in [6.07, 6.45) is 1.84. The van der Waals surface area contributed by atoms with Crippen molar-refractivity contribution in [1.82, 2.24) is 0 Å². The van der Waals surface area contributed by atoms with Gasteiger partial charge in [0.2, 0.25) is 5.76 Å². The summed E-state index contributed by atoms with van der Waals surface area (Å²) in [4.78, 5) is 22.2. The molecule has 0 aliphatic heterocycles. The van der Waals surface area contributed by atoms with Gasteiger partial charge in [0.25, 0.3) is 0 Å². The number of aliphatic carboxylic acids is 1. The van der Waals surface area contributed by atoms with Gasteiger partial charge < -0.3 is 10.2 Å². The number of aliphatic hydroxyl groups excluding tert-OH is 1. The van der Waals surface area contributed by atoms with Crippen molar-refractivity contribution in [3.63, 3.8) is 0 Å². The Balaban J connectivity index is 3.08. The zero-order chi connectivity index (χ0) is 10.9. The van der Waals surface area contributed by atoms with Crippen LogP contribution in [0.25, 0.3) is 0 Å². The van der Waals surface area contributed by atoms with Crippen LogP contribution in [-0.4, -0.2) is 22.0 Å². The van der Waals surface area contributed by atoms with E-state index in [0.717, 1.165) is 12.8 Å². The van der Waals surface area contributed by atoms with E-state index >= 15 is 0 Å². The van der Waals surface area contributed by atoms with Gasteiger partial charge in [0.15, 0.2) is 5.78 Å².